The van der Waals surface area contributed by atoms with Crippen molar-refractivity contribution in [2.75, 3.05) is 24.4 Å². The third-order valence-corrected chi connectivity index (χ3v) is 3.63. The second kappa shape index (κ2) is 9.38. The van der Waals surface area contributed by atoms with Crippen LogP contribution in [0.5, 0.6) is 5.75 Å². The number of hydrogen-bond acceptors (Lipinski definition) is 5. The molecule has 2 rings (SSSR count). The molecular formula is C20H22N2O5. The average molecular weight is 370 g/mol. The topological polar surface area (TPSA) is 93.7 Å². The Hall–Kier alpha value is -3.35. The molecule has 0 heterocycles. The van der Waals surface area contributed by atoms with Crippen molar-refractivity contribution in [2.24, 2.45) is 0 Å². The number of benzene rings is 2. The van der Waals surface area contributed by atoms with E-state index < -0.39 is 18.5 Å². The van der Waals surface area contributed by atoms with Crippen LogP contribution in [0.4, 0.5) is 11.4 Å². The Balaban J connectivity index is 1.91. The quantitative estimate of drug-likeness (QED) is 0.731. The van der Waals surface area contributed by atoms with Crippen molar-refractivity contribution >= 4 is 29.2 Å². The van der Waals surface area contributed by atoms with Crippen molar-refractivity contribution in [3.8, 4) is 5.75 Å². The first-order chi connectivity index (χ1) is 12.9. The van der Waals surface area contributed by atoms with Gasteiger partial charge < -0.3 is 20.1 Å². The van der Waals surface area contributed by atoms with Crippen LogP contribution in [0.3, 0.4) is 0 Å². The molecule has 0 saturated heterocycles. The maximum Gasteiger partial charge on any atom is 0.310 e. The molecule has 2 amide bonds. The fraction of sp³-hybridized carbons (Fsp3) is 0.250. The minimum Gasteiger partial charge on any atom is -0.495 e. The highest BCUT2D eigenvalue weighted by Crippen LogP contribution is 2.27. The van der Waals surface area contributed by atoms with Gasteiger partial charge in [-0.1, -0.05) is 29.8 Å². The number of rotatable bonds is 7. The fourth-order valence-electron chi connectivity index (χ4n) is 2.34. The molecule has 27 heavy (non-hydrogen) atoms. The molecule has 2 N–H and O–H groups in total. The number of nitrogens with one attached hydrogen (secondary N) is 2. The Morgan fingerprint density at radius 2 is 1.70 bits per heavy atom. The zero-order valence-corrected chi connectivity index (χ0v) is 15.5. The standard InChI is InChI=1S/C20H22N2O5/c1-13-4-6-15(7-5-13)10-20(25)27-12-19(24)22-17-11-16(21-14(2)23)8-9-18(17)26-3/h4-9,11H,10,12H2,1-3H3,(H,21,23)(H,22,24). The van der Waals surface area contributed by atoms with Gasteiger partial charge in [0.2, 0.25) is 5.91 Å². The summed E-state index contributed by atoms with van der Waals surface area (Å²) in [7, 11) is 1.46. The maximum atomic E-state index is 12.1. The summed E-state index contributed by atoms with van der Waals surface area (Å²) in [5.41, 5.74) is 2.79. The van der Waals surface area contributed by atoms with E-state index in [1.54, 1.807) is 18.2 Å². The predicted octanol–water partition coefficient (Wildman–Crippen LogP) is 2.69. The highest BCUT2D eigenvalue weighted by molar-refractivity contribution is 5.96. The number of esters is 1. The van der Waals surface area contributed by atoms with Gasteiger partial charge in [0.1, 0.15) is 5.75 Å². The van der Waals surface area contributed by atoms with Crippen LogP contribution < -0.4 is 15.4 Å². The van der Waals surface area contributed by atoms with E-state index in [4.69, 9.17) is 9.47 Å². The second-order valence-corrected chi connectivity index (χ2v) is 5.97. The molecule has 7 nitrogen and oxygen atoms in total. The minimum absolute atomic E-state index is 0.0922. The summed E-state index contributed by atoms with van der Waals surface area (Å²) in [6.45, 7) is 2.93. The van der Waals surface area contributed by atoms with Gasteiger partial charge in [-0.05, 0) is 30.7 Å². The lowest BCUT2D eigenvalue weighted by Crippen LogP contribution is -2.22. The molecule has 0 spiro atoms. The minimum atomic E-state index is -0.509. The van der Waals surface area contributed by atoms with E-state index in [0.29, 0.717) is 17.1 Å². The Labute approximate surface area is 157 Å². The fourth-order valence-corrected chi connectivity index (χ4v) is 2.34. The van der Waals surface area contributed by atoms with E-state index in [2.05, 4.69) is 10.6 Å². The number of anilines is 2. The first-order valence-electron chi connectivity index (χ1n) is 8.34. The van der Waals surface area contributed by atoms with Gasteiger partial charge in [-0.15, -0.1) is 0 Å². The molecule has 0 saturated carbocycles. The molecule has 0 radical (unpaired) electrons. The van der Waals surface area contributed by atoms with Crippen LogP contribution in [0.2, 0.25) is 0 Å². The molecule has 0 bridgehead atoms. The number of hydrogen-bond donors (Lipinski definition) is 2. The molecule has 0 aromatic heterocycles. The van der Waals surface area contributed by atoms with Crippen LogP contribution >= 0.6 is 0 Å². The average Bonchev–Trinajstić information content (AvgIpc) is 2.62. The van der Waals surface area contributed by atoms with Crippen molar-refractivity contribution < 1.29 is 23.9 Å². The van der Waals surface area contributed by atoms with Gasteiger partial charge in [0.05, 0.1) is 19.2 Å². The normalized spacial score (nSPS) is 10.0. The zero-order valence-electron chi connectivity index (χ0n) is 15.5. The van der Waals surface area contributed by atoms with Gasteiger partial charge in [-0.3, -0.25) is 14.4 Å². The van der Waals surface area contributed by atoms with E-state index in [0.717, 1.165) is 11.1 Å². The summed E-state index contributed by atoms with van der Waals surface area (Å²) in [5, 5.41) is 5.23. The molecule has 0 aliphatic heterocycles. The van der Waals surface area contributed by atoms with E-state index >= 15 is 0 Å². The smallest absolute Gasteiger partial charge is 0.310 e. The van der Waals surface area contributed by atoms with Gasteiger partial charge in [0, 0.05) is 12.6 Å². The second-order valence-electron chi connectivity index (χ2n) is 5.97. The van der Waals surface area contributed by atoms with E-state index in [-0.39, 0.29) is 12.3 Å². The van der Waals surface area contributed by atoms with E-state index in [1.807, 2.05) is 31.2 Å². The predicted molar refractivity (Wildman–Crippen MR) is 102 cm³/mol. The molecule has 0 unspecified atom stereocenters. The van der Waals surface area contributed by atoms with Crippen LogP contribution in [0.25, 0.3) is 0 Å². The van der Waals surface area contributed by atoms with Gasteiger partial charge >= 0.3 is 5.97 Å². The van der Waals surface area contributed by atoms with Crippen molar-refractivity contribution in [3.05, 3.63) is 53.6 Å². The van der Waals surface area contributed by atoms with Crippen LogP contribution in [0.15, 0.2) is 42.5 Å². The third kappa shape index (κ3) is 6.47. The molecule has 0 aliphatic rings. The highest BCUT2D eigenvalue weighted by Gasteiger charge is 2.12. The lowest BCUT2D eigenvalue weighted by molar-refractivity contribution is -0.146. The third-order valence-electron chi connectivity index (χ3n) is 3.63. The van der Waals surface area contributed by atoms with Crippen molar-refractivity contribution in [1.82, 2.24) is 0 Å². The van der Waals surface area contributed by atoms with E-state index in [1.165, 1.54) is 14.0 Å². The van der Waals surface area contributed by atoms with Crippen LogP contribution in [-0.2, 0) is 25.5 Å². The molecule has 0 atom stereocenters. The lowest BCUT2D eigenvalue weighted by atomic mass is 10.1. The largest absolute Gasteiger partial charge is 0.495 e. The summed E-state index contributed by atoms with van der Waals surface area (Å²) in [6.07, 6.45) is 0.0922. The lowest BCUT2D eigenvalue weighted by Gasteiger charge is -2.12. The number of methoxy groups -OCH3 is 1. The molecular weight excluding hydrogens is 348 g/mol. The maximum absolute atomic E-state index is 12.1. The SMILES string of the molecule is COc1ccc(NC(C)=O)cc1NC(=O)COC(=O)Cc1ccc(C)cc1. The number of carbonyl (C=O) groups is 3. The Bertz CT molecular complexity index is 831. The zero-order chi connectivity index (χ0) is 19.8. The van der Waals surface area contributed by atoms with Gasteiger partial charge in [-0.25, -0.2) is 0 Å². The molecule has 0 aliphatic carbocycles. The van der Waals surface area contributed by atoms with Gasteiger partial charge in [-0.2, -0.15) is 0 Å². The summed E-state index contributed by atoms with van der Waals surface area (Å²) in [6, 6.07) is 12.3. The Morgan fingerprint density at radius 3 is 2.33 bits per heavy atom. The molecule has 2 aromatic carbocycles. The molecule has 142 valence electrons. The van der Waals surface area contributed by atoms with Crippen molar-refractivity contribution in [1.29, 1.82) is 0 Å². The summed E-state index contributed by atoms with van der Waals surface area (Å²) >= 11 is 0. The molecule has 2 aromatic rings. The number of ether oxygens (including phenoxy) is 2. The Kier molecular flexibility index (Phi) is 6.93. The first-order valence-corrected chi connectivity index (χ1v) is 8.34. The summed E-state index contributed by atoms with van der Waals surface area (Å²) in [4.78, 5) is 35.1. The van der Waals surface area contributed by atoms with Gasteiger partial charge in [0.15, 0.2) is 6.61 Å². The van der Waals surface area contributed by atoms with Gasteiger partial charge in [0.25, 0.3) is 5.91 Å². The number of carbonyl (C=O) groups excluding carboxylic acids is 3. The monoisotopic (exact) mass is 370 g/mol. The number of amides is 2. The van der Waals surface area contributed by atoms with E-state index in [9.17, 15) is 14.4 Å². The molecule has 0 fully saturated rings. The van der Waals surface area contributed by atoms with Crippen molar-refractivity contribution in [3.63, 3.8) is 0 Å². The van der Waals surface area contributed by atoms with Crippen LogP contribution in [-0.4, -0.2) is 31.5 Å². The van der Waals surface area contributed by atoms with Crippen LogP contribution in [0.1, 0.15) is 18.1 Å². The Morgan fingerprint density at radius 1 is 1.00 bits per heavy atom. The van der Waals surface area contributed by atoms with Crippen LogP contribution in [0, 0.1) is 6.92 Å². The summed E-state index contributed by atoms with van der Waals surface area (Å²) < 4.78 is 10.2. The first kappa shape index (κ1) is 20.0. The van der Waals surface area contributed by atoms with Crippen molar-refractivity contribution in [2.45, 2.75) is 20.3 Å². The summed E-state index contributed by atoms with van der Waals surface area (Å²) in [5.74, 6) is -0.815. The molecule has 7 heteroatoms. The highest BCUT2D eigenvalue weighted by atomic mass is 16.5. The number of aryl methyl sites for hydroxylation is 1.